The molecule has 3 heteroatoms. The van der Waals surface area contributed by atoms with Gasteiger partial charge in [-0.3, -0.25) is 0 Å². The second-order valence-corrected chi connectivity index (χ2v) is 5.10. The summed E-state index contributed by atoms with van der Waals surface area (Å²) in [7, 11) is 0. The van der Waals surface area contributed by atoms with Crippen LogP contribution in [0, 0.1) is 23.4 Å². The van der Waals surface area contributed by atoms with Gasteiger partial charge in [-0.25, -0.2) is 13.2 Å². The molecule has 0 nitrogen and oxygen atoms in total. The lowest BCUT2D eigenvalue weighted by atomic mass is 9.87. The van der Waals surface area contributed by atoms with E-state index in [0.717, 1.165) is 36.0 Å². The lowest BCUT2D eigenvalue weighted by Crippen LogP contribution is -2.03. The fourth-order valence-electron chi connectivity index (χ4n) is 2.78. The standard InChI is InChI=1S/C18H14F3/c1-2-5-13-12-7-4-3-6-11(12)10-15(13)14-8-9-16(19)18(21)17(14)20/h3-4,6-10H,2,5H2,1H3. The molecule has 1 radical (unpaired) electrons. The van der Waals surface area contributed by atoms with Crippen LogP contribution in [0.15, 0.2) is 36.4 Å². The van der Waals surface area contributed by atoms with Gasteiger partial charge in [0.05, 0.1) is 0 Å². The molecular weight excluding hydrogens is 273 g/mol. The van der Waals surface area contributed by atoms with Crippen LogP contribution in [0.2, 0.25) is 0 Å². The van der Waals surface area contributed by atoms with Crippen LogP contribution >= 0.6 is 0 Å². The summed E-state index contributed by atoms with van der Waals surface area (Å²) in [4.78, 5) is 0. The molecule has 21 heavy (non-hydrogen) atoms. The molecule has 0 bridgehead atoms. The highest BCUT2D eigenvalue weighted by molar-refractivity contribution is 5.98. The summed E-state index contributed by atoms with van der Waals surface area (Å²) in [5.74, 6) is -2.72. The Labute approximate surface area is 121 Å². The van der Waals surface area contributed by atoms with Crippen molar-refractivity contribution in [1.82, 2.24) is 0 Å². The van der Waals surface area contributed by atoms with Gasteiger partial charge in [0, 0.05) is 11.5 Å². The first-order chi connectivity index (χ1) is 10.1. The van der Waals surface area contributed by atoms with E-state index in [-0.39, 0.29) is 5.56 Å². The van der Waals surface area contributed by atoms with Crippen LogP contribution in [0.1, 0.15) is 36.5 Å². The number of hydrogen-bond acceptors (Lipinski definition) is 0. The van der Waals surface area contributed by atoms with Crippen molar-refractivity contribution in [2.24, 2.45) is 0 Å². The lowest BCUT2D eigenvalue weighted by molar-refractivity contribution is 0.445. The van der Waals surface area contributed by atoms with E-state index in [4.69, 9.17) is 0 Å². The summed E-state index contributed by atoms with van der Waals surface area (Å²) in [5, 5.41) is 0. The average molecular weight is 287 g/mol. The van der Waals surface area contributed by atoms with Crippen LogP contribution in [0.5, 0.6) is 0 Å². The Bertz CT molecular complexity index is 716. The number of hydrogen-bond donors (Lipinski definition) is 0. The Balaban J connectivity index is 2.13. The highest BCUT2D eigenvalue weighted by Crippen LogP contribution is 2.44. The SMILES string of the molecule is CCC[C]1C(c2ccc(F)c(F)c2F)=Cc2ccccc21. The Kier molecular flexibility index (Phi) is 3.58. The van der Waals surface area contributed by atoms with Gasteiger partial charge in [-0.1, -0.05) is 37.6 Å². The summed E-state index contributed by atoms with van der Waals surface area (Å²) in [6.45, 7) is 2.03. The minimum absolute atomic E-state index is 0.119. The Morgan fingerprint density at radius 1 is 0.857 bits per heavy atom. The highest BCUT2D eigenvalue weighted by Gasteiger charge is 2.29. The normalized spacial score (nSPS) is 14.2. The molecule has 2 aromatic rings. The van der Waals surface area contributed by atoms with Crippen LogP contribution < -0.4 is 0 Å². The molecule has 0 unspecified atom stereocenters. The maximum atomic E-state index is 14.1. The molecule has 0 heterocycles. The molecule has 0 aliphatic heterocycles. The summed E-state index contributed by atoms with van der Waals surface area (Å²) in [6.07, 6.45) is 3.50. The van der Waals surface area contributed by atoms with E-state index < -0.39 is 17.5 Å². The first kappa shape index (κ1) is 13.9. The zero-order valence-corrected chi connectivity index (χ0v) is 11.6. The van der Waals surface area contributed by atoms with Crippen molar-refractivity contribution in [2.75, 3.05) is 0 Å². The first-order valence-electron chi connectivity index (χ1n) is 6.94. The van der Waals surface area contributed by atoms with Gasteiger partial charge < -0.3 is 0 Å². The Morgan fingerprint density at radius 3 is 2.38 bits per heavy atom. The average Bonchev–Trinajstić information content (AvgIpc) is 2.84. The molecule has 0 spiro atoms. The van der Waals surface area contributed by atoms with Crippen LogP contribution in [-0.4, -0.2) is 0 Å². The van der Waals surface area contributed by atoms with Crippen molar-refractivity contribution >= 4 is 11.6 Å². The number of rotatable bonds is 3. The Morgan fingerprint density at radius 2 is 1.62 bits per heavy atom. The van der Waals surface area contributed by atoms with E-state index >= 15 is 0 Å². The first-order valence-corrected chi connectivity index (χ1v) is 6.94. The van der Waals surface area contributed by atoms with E-state index in [1.807, 2.05) is 37.3 Å². The smallest absolute Gasteiger partial charge is 0.195 e. The third kappa shape index (κ3) is 2.27. The van der Waals surface area contributed by atoms with Gasteiger partial charge >= 0.3 is 0 Å². The van der Waals surface area contributed by atoms with Gasteiger partial charge in [0.25, 0.3) is 0 Å². The monoisotopic (exact) mass is 287 g/mol. The second kappa shape index (κ2) is 5.40. The van der Waals surface area contributed by atoms with Crippen LogP contribution in [-0.2, 0) is 0 Å². The van der Waals surface area contributed by atoms with E-state index in [1.165, 1.54) is 6.07 Å². The third-order valence-corrected chi connectivity index (χ3v) is 3.74. The summed E-state index contributed by atoms with van der Waals surface area (Å²) in [6, 6.07) is 10.0. The molecule has 0 atom stereocenters. The topological polar surface area (TPSA) is 0 Å². The molecular formula is C18H14F3. The van der Waals surface area contributed by atoms with Crippen molar-refractivity contribution in [3.05, 3.63) is 76.5 Å². The molecule has 0 saturated carbocycles. The highest BCUT2D eigenvalue weighted by atomic mass is 19.2. The van der Waals surface area contributed by atoms with Gasteiger partial charge in [-0.15, -0.1) is 0 Å². The third-order valence-electron chi connectivity index (χ3n) is 3.74. The van der Waals surface area contributed by atoms with E-state index in [0.29, 0.717) is 5.57 Å². The van der Waals surface area contributed by atoms with Gasteiger partial charge in [0.15, 0.2) is 17.5 Å². The van der Waals surface area contributed by atoms with Crippen LogP contribution in [0.25, 0.3) is 11.6 Å². The maximum Gasteiger partial charge on any atom is 0.195 e. The quantitative estimate of drug-likeness (QED) is 0.665. The predicted octanol–water partition coefficient (Wildman–Crippen LogP) is 5.38. The Hall–Kier alpha value is -2.03. The van der Waals surface area contributed by atoms with Crippen molar-refractivity contribution in [3.63, 3.8) is 0 Å². The number of fused-ring (bicyclic) bond motifs is 1. The molecule has 1 aliphatic carbocycles. The zero-order chi connectivity index (χ0) is 15.0. The van der Waals surface area contributed by atoms with Crippen molar-refractivity contribution < 1.29 is 13.2 Å². The summed E-state index contributed by atoms with van der Waals surface area (Å²) >= 11 is 0. The molecule has 0 aromatic heterocycles. The molecule has 107 valence electrons. The largest absolute Gasteiger partial charge is 0.204 e. The van der Waals surface area contributed by atoms with E-state index in [1.54, 1.807) is 0 Å². The van der Waals surface area contributed by atoms with E-state index in [9.17, 15) is 13.2 Å². The molecule has 1 aliphatic rings. The predicted molar refractivity (Wildman–Crippen MR) is 77.9 cm³/mol. The molecule has 3 rings (SSSR count). The van der Waals surface area contributed by atoms with Crippen LogP contribution in [0.4, 0.5) is 13.2 Å². The minimum Gasteiger partial charge on any atom is -0.204 e. The number of halogens is 3. The molecule has 0 N–H and O–H groups in total. The van der Waals surface area contributed by atoms with Gasteiger partial charge in [-0.2, -0.15) is 0 Å². The number of benzene rings is 2. The second-order valence-electron chi connectivity index (χ2n) is 5.10. The fourth-order valence-corrected chi connectivity index (χ4v) is 2.78. The van der Waals surface area contributed by atoms with Crippen molar-refractivity contribution in [3.8, 4) is 0 Å². The molecule has 0 saturated heterocycles. The summed E-state index contributed by atoms with van der Waals surface area (Å²) < 4.78 is 40.7. The minimum atomic E-state index is -1.42. The summed E-state index contributed by atoms with van der Waals surface area (Å²) in [5.41, 5.74) is 2.79. The van der Waals surface area contributed by atoms with E-state index in [2.05, 4.69) is 0 Å². The lowest BCUT2D eigenvalue weighted by Gasteiger charge is -2.16. The molecule has 0 amide bonds. The van der Waals surface area contributed by atoms with Gasteiger partial charge in [0.1, 0.15) is 0 Å². The maximum absolute atomic E-state index is 14.1. The molecule has 2 aromatic carbocycles. The zero-order valence-electron chi connectivity index (χ0n) is 11.6. The van der Waals surface area contributed by atoms with Crippen LogP contribution in [0.3, 0.4) is 0 Å². The van der Waals surface area contributed by atoms with Crippen molar-refractivity contribution in [1.29, 1.82) is 0 Å². The van der Waals surface area contributed by atoms with Gasteiger partial charge in [-0.05, 0) is 41.3 Å². The van der Waals surface area contributed by atoms with Gasteiger partial charge in [0.2, 0.25) is 0 Å². The number of allylic oxidation sites excluding steroid dienone is 1. The van der Waals surface area contributed by atoms with Crippen molar-refractivity contribution in [2.45, 2.75) is 19.8 Å². The fraction of sp³-hybridized carbons (Fsp3) is 0.167. The molecule has 0 fully saturated rings.